The number of aliphatic hydroxyl groups is 1. The van der Waals surface area contributed by atoms with Crippen molar-refractivity contribution < 1.29 is 34.0 Å². The maximum atomic E-state index is 11.1. The van der Waals surface area contributed by atoms with Crippen molar-refractivity contribution in [2.75, 3.05) is 19.9 Å². The number of aliphatic hydroxyl groups excluding tert-OH is 1. The van der Waals surface area contributed by atoms with Crippen molar-refractivity contribution in [2.24, 2.45) is 0 Å². The van der Waals surface area contributed by atoms with Gasteiger partial charge in [-0.1, -0.05) is 54.6 Å². The summed E-state index contributed by atoms with van der Waals surface area (Å²) in [5.41, 5.74) is 6.60. The van der Waals surface area contributed by atoms with Crippen molar-refractivity contribution in [3.05, 3.63) is 108 Å². The highest BCUT2D eigenvalue weighted by molar-refractivity contribution is 7.51. The molecule has 10 heteroatoms. The van der Waals surface area contributed by atoms with Crippen LogP contribution in [0.25, 0.3) is 33.9 Å². The number of aromatic amines is 1. The van der Waals surface area contributed by atoms with E-state index in [9.17, 15) is 14.8 Å². The van der Waals surface area contributed by atoms with Crippen LogP contribution in [0.1, 0.15) is 16.7 Å². The summed E-state index contributed by atoms with van der Waals surface area (Å²) in [5, 5.41) is 20.2. The lowest BCUT2D eigenvalue weighted by atomic mass is 10.0. The largest absolute Gasteiger partial charge is 0.504 e. The molecule has 0 unspecified atom stereocenters. The highest BCUT2D eigenvalue weighted by Crippen LogP contribution is 2.38. The highest BCUT2D eigenvalue weighted by atomic mass is 31.2. The van der Waals surface area contributed by atoms with Gasteiger partial charge in [-0.25, -0.2) is 4.98 Å². The third kappa shape index (κ3) is 7.52. The Bertz CT molecular complexity index is 1690. The first-order valence-corrected chi connectivity index (χ1v) is 15.6. The van der Waals surface area contributed by atoms with E-state index in [-0.39, 0.29) is 30.9 Å². The second kappa shape index (κ2) is 13.3. The first kappa shape index (κ1) is 30.1. The molecular weight excluding hydrogens is 567 g/mol. The van der Waals surface area contributed by atoms with Crippen LogP contribution in [0.3, 0.4) is 0 Å². The summed E-state index contributed by atoms with van der Waals surface area (Å²) in [7, 11) is -2.70. The number of rotatable bonds is 12. The molecule has 4 aromatic carbocycles. The monoisotopic (exact) mass is 600 g/mol. The molecule has 0 saturated heterocycles. The molecule has 1 heterocycles. The van der Waals surface area contributed by atoms with Crippen molar-refractivity contribution in [3.63, 3.8) is 0 Å². The number of phenols is 1. The van der Waals surface area contributed by atoms with Crippen molar-refractivity contribution in [1.29, 1.82) is 0 Å². The number of methoxy groups -OCH3 is 1. The Morgan fingerprint density at radius 3 is 2.12 bits per heavy atom. The fourth-order valence-corrected chi connectivity index (χ4v) is 5.10. The number of hydrogen-bond acceptors (Lipinski definition) is 6. The number of nitrogens with zero attached hydrogens (tertiary/aromatic N) is 1. The molecule has 0 spiro atoms. The van der Waals surface area contributed by atoms with Crippen LogP contribution in [0, 0.1) is 0 Å². The van der Waals surface area contributed by atoms with Gasteiger partial charge >= 0.3 is 7.60 Å². The molecule has 0 atom stereocenters. The molecular formula is C33H33N2O7P. The van der Waals surface area contributed by atoms with E-state index < -0.39 is 7.60 Å². The van der Waals surface area contributed by atoms with E-state index in [4.69, 9.17) is 24.2 Å². The van der Waals surface area contributed by atoms with E-state index in [1.54, 1.807) is 24.3 Å². The number of aryl methyl sites for hydroxylation is 2. The van der Waals surface area contributed by atoms with Gasteiger partial charge in [-0.3, -0.25) is 4.57 Å². The third-order valence-electron chi connectivity index (χ3n) is 7.09. The average Bonchev–Trinajstić information content (AvgIpc) is 3.46. The maximum absolute atomic E-state index is 11.1. The Kier molecular flexibility index (Phi) is 9.28. The van der Waals surface area contributed by atoms with E-state index >= 15 is 0 Å². The lowest BCUT2D eigenvalue weighted by Crippen LogP contribution is -2.03. The summed E-state index contributed by atoms with van der Waals surface area (Å²) in [6.45, 7) is -0.474. The number of imidazole rings is 1. The minimum Gasteiger partial charge on any atom is -0.504 e. The van der Waals surface area contributed by atoms with E-state index in [1.807, 2.05) is 30.3 Å². The van der Waals surface area contributed by atoms with E-state index in [1.165, 1.54) is 18.2 Å². The molecule has 5 N–H and O–H groups in total. The summed E-state index contributed by atoms with van der Waals surface area (Å²) >= 11 is 0. The van der Waals surface area contributed by atoms with E-state index in [0.29, 0.717) is 28.4 Å². The first-order chi connectivity index (χ1) is 20.7. The van der Waals surface area contributed by atoms with Crippen LogP contribution in [-0.4, -0.2) is 49.8 Å². The number of hydrogen-bond donors (Lipinski definition) is 5. The zero-order chi connectivity index (χ0) is 30.4. The van der Waals surface area contributed by atoms with Gasteiger partial charge in [0.25, 0.3) is 0 Å². The van der Waals surface area contributed by atoms with Crippen LogP contribution in [0.2, 0.25) is 0 Å². The molecule has 0 saturated carbocycles. The minimum absolute atomic E-state index is 0.103. The number of ether oxygens (including phenoxy) is 2. The highest BCUT2D eigenvalue weighted by Gasteiger charge is 2.19. The molecule has 222 valence electrons. The van der Waals surface area contributed by atoms with Crippen LogP contribution in [0.15, 0.2) is 91.0 Å². The van der Waals surface area contributed by atoms with Crippen LogP contribution in [0.5, 0.6) is 17.2 Å². The SMILES string of the molecule is COc1cc(-c2nc(-c3ccc(OCCP(=O)(O)O)cc3)c(-c3ccc(CCc4ccccc4)cc3)[nH]2)cc(CO)c1O. The smallest absolute Gasteiger partial charge is 0.328 e. The zero-order valence-electron chi connectivity index (χ0n) is 23.6. The van der Waals surface area contributed by atoms with Gasteiger partial charge in [-0.2, -0.15) is 0 Å². The summed E-state index contributed by atoms with van der Waals surface area (Å²) in [6, 6.07) is 29.1. The summed E-state index contributed by atoms with van der Waals surface area (Å²) < 4.78 is 22.0. The summed E-state index contributed by atoms with van der Waals surface area (Å²) in [6.07, 6.45) is 1.49. The Labute approximate surface area is 249 Å². The van der Waals surface area contributed by atoms with Gasteiger partial charge < -0.3 is 34.5 Å². The van der Waals surface area contributed by atoms with Gasteiger partial charge in [-0.15, -0.1) is 0 Å². The van der Waals surface area contributed by atoms with Crippen LogP contribution in [0.4, 0.5) is 0 Å². The zero-order valence-corrected chi connectivity index (χ0v) is 24.5. The van der Waals surface area contributed by atoms with Crippen molar-refractivity contribution >= 4 is 7.60 Å². The van der Waals surface area contributed by atoms with Crippen molar-refractivity contribution in [3.8, 4) is 51.2 Å². The number of H-pyrrole nitrogens is 1. The predicted octanol–water partition coefficient (Wildman–Crippen LogP) is 5.96. The quantitative estimate of drug-likeness (QED) is 0.110. The summed E-state index contributed by atoms with van der Waals surface area (Å²) in [4.78, 5) is 26.5. The van der Waals surface area contributed by atoms with Crippen LogP contribution < -0.4 is 9.47 Å². The third-order valence-corrected chi connectivity index (χ3v) is 7.85. The number of nitrogens with one attached hydrogen (secondary N) is 1. The van der Waals surface area contributed by atoms with Gasteiger partial charge in [0.2, 0.25) is 0 Å². The van der Waals surface area contributed by atoms with E-state index in [0.717, 1.165) is 29.7 Å². The van der Waals surface area contributed by atoms with E-state index in [2.05, 4.69) is 41.4 Å². The second-order valence-electron chi connectivity index (χ2n) is 10.1. The molecule has 43 heavy (non-hydrogen) atoms. The lowest BCUT2D eigenvalue weighted by molar-refractivity contribution is 0.272. The van der Waals surface area contributed by atoms with Crippen molar-refractivity contribution in [1.82, 2.24) is 9.97 Å². The molecule has 0 radical (unpaired) electrons. The molecule has 0 bridgehead atoms. The molecule has 9 nitrogen and oxygen atoms in total. The van der Waals surface area contributed by atoms with Crippen LogP contribution >= 0.6 is 7.60 Å². The molecule has 0 aliphatic carbocycles. The van der Waals surface area contributed by atoms with Crippen LogP contribution in [-0.2, 0) is 24.0 Å². The van der Waals surface area contributed by atoms with Crippen molar-refractivity contribution in [2.45, 2.75) is 19.4 Å². The topological polar surface area (TPSA) is 145 Å². The van der Waals surface area contributed by atoms with Gasteiger partial charge in [-0.05, 0) is 60.4 Å². The normalized spacial score (nSPS) is 11.4. The van der Waals surface area contributed by atoms with Gasteiger partial charge in [0.05, 0.1) is 37.9 Å². The maximum Gasteiger partial charge on any atom is 0.328 e. The van der Waals surface area contributed by atoms with Gasteiger partial charge in [0.15, 0.2) is 11.5 Å². The first-order valence-electron chi connectivity index (χ1n) is 13.8. The molecule has 0 aliphatic heterocycles. The minimum atomic E-state index is -4.15. The lowest BCUT2D eigenvalue weighted by Gasteiger charge is -2.09. The fraction of sp³-hybridized carbons (Fsp3) is 0.182. The number of aromatic hydroxyl groups is 1. The van der Waals surface area contributed by atoms with Gasteiger partial charge in [0, 0.05) is 22.3 Å². The molecule has 1 aromatic heterocycles. The fourth-order valence-electron chi connectivity index (χ4n) is 4.77. The Hall–Kier alpha value is -4.40. The molecule has 0 aliphatic rings. The molecule has 5 aromatic rings. The standard InChI is InChI=1S/C33H33N2O7P/c1-41-29-20-26(19-27(21-36)32(29)37)33-34-30(24-11-9-23(10-12-24)8-7-22-5-3-2-4-6-22)31(35-33)25-13-15-28(16-14-25)42-17-18-43(38,39)40/h2-6,9-16,19-20,36-37H,7-8,17-18,21H2,1H3,(H,34,35)(H2,38,39,40). The second-order valence-corrected chi connectivity index (χ2v) is 11.9. The molecule has 5 rings (SSSR count). The number of aromatic nitrogens is 2. The Balaban J connectivity index is 1.48. The summed E-state index contributed by atoms with van der Waals surface area (Å²) in [5.74, 6) is 1.10. The Morgan fingerprint density at radius 2 is 1.49 bits per heavy atom. The molecule has 0 fully saturated rings. The number of benzene rings is 4. The molecule has 0 amide bonds. The van der Waals surface area contributed by atoms with Gasteiger partial charge in [0.1, 0.15) is 11.6 Å². The predicted molar refractivity (Wildman–Crippen MR) is 165 cm³/mol. The Morgan fingerprint density at radius 1 is 0.837 bits per heavy atom. The average molecular weight is 601 g/mol.